The van der Waals surface area contributed by atoms with Crippen molar-refractivity contribution < 1.29 is 17.9 Å². The zero-order valence-electron chi connectivity index (χ0n) is 20.6. The summed E-state index contributed by atoms with van der Waals surface area (Å²) >= 11 is 0. The molecule has 10 nitrogen and oxygen atoms in total. The van der Waals surface area contributed by atoms with Crippen LogP contribution in [0.25, 0.3) is 11.4 Å². The molecular weight excluding hydrogens is 492 g/mol. The Kier molecular flexibility index (Phi) is 7.33. The first kappa shape index (κ1) is 25.1. The first-order valence-electron chi connectivity index (χ1n) is 12.4. The molecule has 194 valence electrons. The second-order valence-electron chi connectivity index (χ2n) is 9.40. The number of sulfone groups is 1. The minimum absolute atomic E-state index is 0.0851. The van der Waals surface area contributed by atoms with E-state index in [9.17, 15) is 13.2 Å². The summed E-state index contributed by atoms with van der Waals surface area (Å²) < 4.78 is 31.7. The van der Waals surface area contributed by atoms with E-state index in [-0.39, 0.29) is 28.8 Å². The van der Waals surface area contributed by atoms with E-state index < -0.39 is 9.84 Å². The number of nitrogens with zero attached hydrogens (tertiary/aromatic N) is 4. The van der Waals surface area contributed by atoms with Gasteiger partial charge in [-0.15, -0.1) is 0 Å². The molecule has 5 rings (SSSR count). The number of ether oxygens (including phenoxy) is 1. The number of benzene rings is 1. The SMILES string of the molecule is C[C@H]1COCCN1c1cc(CS(=O)(=O)c2ccncc2)nc(-c2ccc(NC(=O)NC3CCC3)cc2)n1. The Morgan fingerprint density at radius 1 is 1.11 bits per heavy atom. The summed E-state index contributed by atoms with van der Waals surface area (Å²) in [5.74, 6) is 0.809. The largest absolute Gasteiger partial charge is 0.377 e. The van der Waals surface area contributed by atoms with Crippen molar-refractivity contribution in [3.63, 3.8) is 0 Å². The Labute approximate surface area is 216 Å². The molecule has 1 atom stereocenters. The van der Waals surface area contributed by atoms with Gasteiger partial charge in [-0.3, -0.25) is 4.98 Å². The van der Waals surface area contributed by atoms with E-state index in [0.717, 1.165) is 24.8 Å². The van der Waals surface area contributed by atoms with Gasteiger partial charge in [0.25, 0.3) is 0 Å². The smallest absolute Gasteiger partial charge is 0.319 e. The van der Waals surface area contributed by atoms with E-state index in [1.54, 1.807) is 18.2 Å². The minimum Gasteiger partial charge on any atom is -0.377 e. The number of urea groups is 1. The molecule has 1 aromatic carbocycles. The molecule has 1 saturated heterocycles. The Hall–Kier alpha value is -3.57. The standard InChI is InChI=1S/C26H30N6O4S/c1-18-16-36-14-13-32(18)24-15-22(17-37(34,35)23-9-11-27-12-10-23)28-25(31-24)19-5-7-21(8-6-19)30-26(33)29-20-3-2-4-20/h5-12,15,18,20H,2-4,13-14,16-17H2,1H3,(H2,29,30,33)/t18-/m0/s1. The number of anilines is 2. The van der Waals surface area contributed by atoms with Gasteiger partial charge in [0.2, 0.25) is 0 Å². The van der Waals surface area contributed by atoms with Crippen LogP contribution in [0.1, 0.15) is 31.9 Å². The fourth-order valence-corrected chi connectivity index (χ4v) is 5.57. The summed E-state index contributed by atoms with van der Waals surface area (Å²) in [6.45, 7) is 3.82. The van der Waals surface area contributed by atoms with Crippen LogP contribution in [0.4, 0.5) is 16.3 Å². The first-order valence-corrected chi connectivity index (χ1v) is 14.1. The van der Waals surface area contributed by atoms with Crippen LogP contribution in [-0.2, 0) is 20.3 Å². The van der Waals surface area contributed by atoms with Gasteiger partial charge in [0.1, 0.15) is 5.82 Å². The fourth-order valence-electron chi connectivity index (χ4n) is 4.33. The Bertz CT molecular complexity index is 1350. The number of nitrogens with one attached hydrogen (secondary N) is 2. The lowest BCUT2D eigenvalue weighted by molar-refractivity contribution is 0.0985. The van der Waals surface area contributed by atoms with Crippen LogP contribution in [0, 0.1) is 0 Å². The summed E-state index contributed by atoms with van der Waals surface area (Å²) in [6.07, 6.45) is 6.10. The van der Waals surface area contributed by atoms with E-state index in [2.05, 4.69) is 25.5 Å². The fraction of sp³-hybridized carbons (Fsp3) is 0.385. The number of rotatable bonds is 7. The van der Waals surface area contributed by atoms with Crippen molar-refractivity contribution in [1.82, 2.24) is 20.3 Å². The average Bonchev–Trinajstić information content (AvgIpc) is 2.87. The third-order valence-electron chi connectivity index (χ3n) is 6.62. The number of aromatic nitrogens is 3. The second-order valence-corrected chi connectivity index (χ2v) is 11.4. The van der Waals surface area contributed by atoms with Gasteiger partial charge in [-0.05, 0) is 62.6 Å². The van der Waals surface area contributed by atoms with Crippen molar-refractivity contribution in [3.05, 3.63) is 60.6 Å². The molecule has 2 aromatic heterocycles. The van der Waals surface area contributed by atoms with E-state index in [1.165, 1.54) is 24.5 Å². The van der Waals surface area contributed by atoms with Gasteiger partial charge in [-0.2, -0.15) is 0 Å². The van der Waals surface area contributed by atoms with Crippen molar-refractivity contribution in [2.45, 2.75) is 48.9 Å². The van der Waals surface area contributed by atoms with Crippen molar-refractivity contribution in [1.29, 1.82) is 0 Å². The maximum Gasteiger partial charge on any atom is 0.319 e. The Balaban J connectivity index is 1.42. The molecule has 11 heteroatoms. The van der Waals surface area contributed by atoms with Crippen molar-refractivity contribution >= 4 is 27.4 Å². The lowest BCUT2D eigenvalue weighted by Gasteiger charge is -2.34. The van der Waals surface area contributed by atoms with Gasteiger partial charge in [0.05, 0.1) is 35.6 Å². The zero-order chi connectivity index (χ0) is 25.8. The number of pyridine rings is 1. The van der Waals surface area contributed by atoms with E-state index >= 15 is 0 Å². The third-order valence-corrected chi connectivity index (χ3v) is 8.28. The Morgan fingerprint density at radius 3 is 2.54 bits per heavy atom. The number of amides is 2. The molecule has 2 fully saturated rings. The Morgan fingerprint density at radius 2 is 1.86 bits per heavy atom. The van der Waals surface area contributed by atoms with Gasteiger partial charge in [-0.1, -0.05) is 0 Å². The molecule has 0 radical (unpaired) electrons. The van der Waals surface area contributed by atoms with Gasteiger partial charge >= 0.3 is 6.03 Å². The molecule has 2 aliphatic rings. The molecule has 0 bridgehead atoms. The number of carbonyl (C=O) groups excluding carboxylic acids is 1. The van der Waals surface area contributed by atoms with E-state index in [4.69, 9.17) is 9.72 Å². The number of hydrogen-bond acceptors (Lipinski definition) is 8. The van der Waals surface area contributed by atoms with Crippen LogP contribution in [0.5, 0.6) is 0 Å². The summed E-state index contributed by atoms with van der Waals surface area (Å²) in [5.41, 5.74) is 1.77. The van der Waals surface area contributed by atoms with E-state index in [1.807, 2.05) is 19.1 Å². The highest BCUT2D eigenvalue weighted by Crippen LogP contribution is 2.26. The van der Waals surface area contributed by atoms with E-state index in [0.29, 0.717) is 42.8 Å². The quantitative estimate of drug-likeness (QED) is 0.483. The average molecular weight is 523 g/mol. The van der Waals surface area contributed by atoms with Crippen molar-refractivity contribution in [3.8, 4) is 11.4 Å². The highest BCUT2D eigenvalue weighted by Gasteiger charge is 2.24. The number of morpholine rings is 1. The van der Waals surface area contributed by atoms with Crippen LogP contribution >= 0.6 is 0 Å². The summed E-state index contributed by atoms with van der Waals surface area (Å²) in [6, 6.07) is 12.0. The summed E-state index contributed by atoms with van der Waals surface area (Å²) in [4.78, 5) is 27.8. The predicted molar refractivity (Wildman–Crippen MR) is 140 cm³/mol. The van der Waals surface area contributed by atoms with Crippen LogP contribution < -0.4 is 15.5 Å². The molecule has 2 amide bonds. The molecule has 3 heterocycles. The zero-order valence-corrected chi connectivity index (χ0v) is 21.4. The van der Waals surface area contributed by atoms with Gasteiger partial charge in [0.15, 0.2) is 15.7 Å². The molecule has 1 aliphatic heterocycles. The van der Waals surface area contributed by atoms with Gasteiger partial charge < -0.3 is 20.3 Å². The topological polar surface area (TPSA) is 126 Å². The molecule has 37 heavy (non-hydrogen) atoms. The molecule has 1 aliphatic carbocycles. The molecule has 0 unspecified atom stereocenters. The van der Waals surface area contributed by atoms with Gasteiger partial charge in [-0.25, -0.2) is 23.2 Å². The first-order chi connectivity index (χ1) is 17.9. The second kappa shape index (κ2) is 10.8. The number of hydrogen-bond donors (Lipinski definition) is 2. The van der Waals surface area contributed by atoms with Crippen LogP contribution in [-0.4, -0.2) is 61.2 Å². The van der Waals surface area contributed by atoms with Crippen molar-refractivity contribution in [2.24, 2.45) is 0 Å². The normalized spacial score (nSPS) is 18.2. The maximum absolute atomic E-state index is 13.1. The third kappa shape index (κ3) is 6.05. The molecular formula is C26H30N6O4S. The van der Waals surface area contributed by atoms with Crippen molar-refractivity contribution in [2.75, 3.05) is 30.0 Å². The molecule has 1 saturated carbocycles. The van der Waals surface area contributed by atoms with Gasteiger partial charge in [0, 0.05) is 42.3 Å². The lowest BCUT2D eigenvalue weighted by Crippen LogP contribution is -2.44. The van der Waals surface area contributed by atoms with Crippen LogP contribution in [0.2, 0.25) is 0 Å². The lowest BCUT2D eigenvalue weighted by atomic mass is 9.93. The summed E-state index contributed by atoms with van der Waals surface area (Å²) in [7, 11) is -3.63. The highest BCUT2D eigenvalue weighted by atomic mass is 32.2. The molecule has 2 N–H and O–H groups in total. The number of carbonyl (C=O) groups is 1. The highest BCUT2D eigenvalue weighted by molar-refractivity contribution is 7.90. The van der Waals surface area contributed by atoms with Crippen LogP contribution in [0.15, 0.2) is 59.8 Å². The summed E-state index contributed by atoms with van der Waals surface area (Å²) in [5, 5.41) is 5.80. The molecule has 0 spiro atoms. The maximum atomic E-state index is 13.1. The predicted octanol–water partition coefficient (Wildman–Crippen LogP) is 3.41. The monoisotopic (exact) mass is 522 g/mol. The molecule has 3 aromatic rings. The van der Waals surface area contributed by atoms with Crippen LogP contribution in [0.3, 0.4) is 0 Å². The minimum atomic E-state index is -3.63.